The van der Waals surface area contributed by atoms with Crippen molar-refractivity contribution >= 4 is 23.0 Å². The summed E-state index contributed by atoms with van der Waals surface area (Å²) < 4.78 is 2.28. The van der Waals surface area contributed by atoms with Crippen molar-refractivity contribution in [3.8, 4) is 5.69 Å². The van der Waals surface area contributed by atoms with Gasteiger partial charge in [-0.25, -0.2) is 0 Å². The number of hydrogen-bond donors (Lipinski definition) is 1. The predicted octanol–water partition coefficient (Wildman–Crippen LogP) is 5.97. The number of benzene rings is 2. The van der Waals surface area contributed by atoms with Gasteiger partial charge in [0.25, 0.3) is 0 Å². The summed E-state index contributed by atoms with van der Waals surface area (Å²) in [4.78, 5) is 6.92. The number of thiocarbonyl (C=S) groups is 1. The molecule has 5 heteroatoms. The molecule has 4 aromatic rings. The van der Waals surface area contributed by atoms with Crippen LogP contribution in [0, 0.1) is 20.8 Å². The van der Waals surface area contributed by atoms with Crippen LogP contribution in [0.2, 0.25) is 0 Å². The van der Waals surface area contributed by atoms with Gasteiger partial charge in [-0.05, 0) is 92.1 Å². The Morgan fingerprint density at radius 3 is 2.41 bits per heavy atom. The highest BCUT2D eigenvalue weighted by Crippen LogP contribution is 2.42. The molecule has 0 unspecified atom stereocenters. The van der Waals surface area contributed by atoms with Gasteiger partial charge in [-0.1, -0.05) is 30.3 Å². The van der Waals surface area contributed by atoms with Crippen molar-refractivity contribution in [3.63, 3.8) is 0 Å². The third-order valence-corrected chi connectivity index (χ3v) is 6.64. The van der Waals surface area contributed by atoms with Crippen LogP contribution in [0.5, 0.6) is 0 Å². The monoisotopic (exact) mass is 438 g/mol. The lowest BCUT2D eigenvalue weighted by Gasteiger charge is -2.29. The zero-order valence-corrected chi connectivity index (χ0v) is 19.3. The van der Waals surface area contributed by atoms with Crippen LogP contribution < -0.4 is 10.2 Å². The molecule has 0 spiro atoms. The summed E-state index contributed by atoms with van der Waals surface area (Å²) in [7, 11) is 0. The summed E-state index contributed by atoms with van der Waals surface area (Å²) in [6.07, 6.45) is 3.98. The SMILES string of the molecule is Cc1ccc(N2C(=S)N[C@@H](c3ccccn3)[C@@H]2c2cccn2-c2ccccc2C)cc1C. The molecule has 0 radical (unpaired) electrons. The van der Waals surface area contributed by atoms with Crippen LogP contribution in [0.3, 0.4) is 0 Å². The highest BCUT2D eigenvalue weighted by atomic mass is 32.1. The Labute approximate surface area is 194 Å². The van der Waals surface area contributed by atoms with Gasteiger partial charge >= 0.3 is 0 Å². The van der Waals surface area contributed by atoms with Crippen molar-refractivity contribution in [2.45, 2.75) is 32.9 Å². The minimum atomic E-state index is -0.0667. The average molecular weight is 439 g/mol. The molecule has 2 aromatic heterocycles. The Hall–Kier alpha value is -3.44. The van der Waals surface area contributed by atoms with Crippen LogP contribution in [-0.2, 0) is 0 Å². The van der Waals surface area contributed by atoms with E-state index in [1.165, 1.54) is 28.1 Å². The number of aromatic nitrogens is 2. The number of pyridine rings is 1. The maximum absolute atomic E-state index is 5.89. The van der Waals surface area contributed by atoms with E-state index in [9.17, 15) is 0 Å². The summed E-state index contributed by atoms with van der Waals surface area (Å²) in [5, 5.41) is 4.28. The molecule has 0 aliphatic carbocycles. The second-order valence-corrected chi connectivity index (χ2v) is 8.74. The van der Waals surface area contributed by atoms with Crippen molar-refractivity contribution in [2.75, 3.05) is 4.90 Å². The maximum atomic E-state index is 5.89. The van der Waals surface area contributed by atoms with Gasteiger partial charge in [0, 0.05) is 29.5 Å². The Bertz CT molecular complexity index is 1280. The van der Waals surface area contributed by atoms with E-state index in [4.69, 9.17) is 12.2 Å². The molecule has 1 N–H and O–H groups in total. The fourth-order valence-electron chi connectivity index (χ4n) is 4.50. The summed E-state index contributed by atoms with van der Waals surface area (Å²) >= 11 is 5.89. The molecule has 2 aromatic carbocycles. The number of nitrogens with zero attached hydrogens (tertiary/aromatic N) is 3. The maximum Gasteiger partial charge on any atom is 0.174 e. The van der Waals surface area contributed by atoms with Gasteiger partial charge in [0.1, 0.15) is 6.04 Å². The fourth-order valence-corrected chi connectivity index (χ4v) is 4.84. The van der Waals surface area contributed by atoms with E-state index in [1.54, 1.807) is 0 Å². The fraction of sp³-hybridized carbons (Fsp3) is 0.185. The van der Waals surface area contributed by atoms with E-state index in [0.29, 0.717) is 5.11 Å². The van der Waals surface area contributed by atoms with Crippen LogP contribution in [-0.4, -0.2) is 14.7 Å². The number of para-hydroxylation sites is 1. The second-order valence-electron chi connectivity index (χ2n) is 8.35. The second kappa shape index (κ2) is 8.24. The lowest BCUT2D eigenvalue weighted by atomic mass is 10.00. The van der Waals surface area contributed by atoms with Crippen LogP contribution in [0.25, 0.3) is 5.69 Å². The summed E-state index contributed by atoms with van der Waals surface area (Å²) in [6.45, 7) is 6.43. The first-order valence-electron chi connectivity index (χ1n) is 10.9. The van der Waals surface area contributed by atoms with Gasteiger partial charge in [0.05, 0.1) is 11.7 Å². The molecule has 1 saturated heterocycles. The third kappa shape index (κ3) is 3.49. The van der Waals surface area contributed by atoms with Crippen LogP contribution in [0.4, 0.5) is 5.69 Å². The van der Waals surface area contributed by atoms with Crippen molar-refractivity contribution in [3.05, 3.63) is 113 Å². The van der Waals surface area contributed by atoms with E-state index >= 15 is 0 Å². The Morgan fingerprint density at radius 1 is 0.844 bits per heavy atom. The smallest absolute Gasteiger partial charge is 0.174 e. The topological polar surface area (TPSA) is 33.1 Å². The summed E-state index contributed by atoms with van der Waals surface area (Å²) in [5.41, 5.74) is 8.15. The van der Waals surface area contributed by atoms with E-state index < -0.39 is 0 Å². The van der Waals surface area contributed by atoms with E-state index in [1.807, 2.05) is 18.3 Å². The molecule has 1 fully saturated rings. The molecule has 0 bridgehead atoms. The van der Waals surface area contributed by atoms with E-state index in [2.05, 4.69) is 107 Å². The number of hydrogen-bond acceptors (Lipinski definition) is 2. The number of nitrogens with one attached hydrogen (secondary N) is 1. The lowest BCUT2D eigenvalue weighted by molar-refractivity contribution is 0.549. The molecule has 3 heterocycles. The first-order valence-corrected chi connectivity index (χ1v) is 11.3. The standard InChI is InChI=1S/C27H26N4S/c1-18-13-14-21(17-20(18)3)31-26(25(29-27(31)32)22-10-6-7-15-28-22)24-12-8-16-30(24)23-11-5-4-9-19(23)2/h4-17,25-26H,1-3H3,(H,29,32)/t25-,26-/m0/s1. The van der Waals surface area contributed by atoms with Crippen LogP contribution in [0.1, 0.15) is 40.2 Å². The molecule has 2 atom stereocenters. The van der Waals surface area contributed by atoms with Gasteiger partial charge in [-0.15, -0.1) is 0 Å². The molecule has 0 amide bonds. The number of aryl methyl sites for hydroxylation is 3. The third-order valence-electron chi connectivity index (χ3n) is 6.33. The minimum Gasteiger partial charge on any atom is -0.351 e. The van der Waals surface area contributed by atoms with Gasteiger partial charge in [0.15, 0.2) is 5.11 Å². The first-order chi connectivity index (χ1) is 15.5. The van der Waals surface area contributed by atoms with Gasteiger partial charge < -0.3 is 14.8 Å². The average Bonchev–Trinajstić information content (AvgIpc) is 3.41. The van der Waals surface area contributed by atoms with Crippen molar-refractivity contribution in [2.24, 2.45) is 0 Å². The molecule has 1 aliphatic rings. The Morgan fingerprint density at radius 2 is 1.66 bits per heavy atom. The van der Waals surface area contributed by atoms with E-state index in [0.717, 1.165) is 11.4 Å². The molecule has 0 saturated carbocycles. The van der Waals surface area contributed by atoms with Gasteiger partial charge in [-0.3, -0.25) is 4.98 Å². The molecule has 160 valence electrons. The Kier molecular flexibility index (Phi) is 5.27. The van der Waals surface area contributed by atoms with Crippen molar-refractivity contribution < 1.29 is 0 Å². The molecule has 32 heavy (non-hydrogen) atoms. The molecule has 1 aliphatic heterocycles. The predicted molar refractivity (Wildman–Crippen MR) is 134 cm³/mol. The zero-order valence-electron chi connectivity index (χ0n) is 18.5. The molecule has 5 rings (SSSR count). The largest absolute Gasteiger partial charge is 0.351 e. The van der Waals surface area contributed by atoms with Crippen molar-refractivity contribution in [1.82, 2.24) is 14.9 Å². The first kappa shape index (κ1) is 20.5. The summed E-state index contributed by atoms with van der Waals surface area (Å²) in [6, 6.07) is 25.2. The molecular formula is C27H26N4S. The van der Waals surface area contributed by atoms with Gasteiger partial charge in [0.2, 0.25) is 0 Å². The van der Waals surface area contributed by atoms with Gasteiger partial charge in [-0.2, -0.15) is 0 Å². The molecule has 4 nitrogen and oxygen atoms in total. The lowest BCUT2D eigenvalue weighted by Crippen LogP contribution is -2.30. The van der Waals surface area contributed by atoms with Crippen LogP contribution >= 0.6 is 12.2 Å². The normalized spacial score (nSPS) is 18.1. The van der Waals surface area contributed by atoms with E-state index in [-0.39, 0.29) is 12.1 Å². The van der Waals surface area contributed by atoms with Crippen LogP contribution in [0.15, 0.2) is 85.2 Å². The summed E-state index contributed by atoms with van der Waals surface area (Å²) in [5.74, 6) is 0. The highest BCUT2D eigenvalue weighted by Gasteiger charge is 2.42. The minimum absolute atomic E-state index is 0.0471. The van der Waals surface area contributed by atoms with Crippen molar-refractivity contribution in [1.29, 1.82) is 0 Å². The highest BCUT2D eigenvalue weighted by molar-refractivity contribution is 7.80. The quantitative estimate of drug-likeness (QED) is 0.398. The zero-order chi connectivity index (χ0) is 22.2. The molecular weight excluding hydrogens is 412 g/mol. The Balaban J connectivity index is 1.69. The number of anilines is 1. The number of rotatable bonds is 4.